The molecule has 2 heterocycles. The first-order chi connectivity index (χ1) is 10.5. The average Bonchev–Trinajstić information content (AvgIpc) is 3.04. The Labute approximate surface area is 154 Å². The Morgan fingerprint density at radius 3 is 2.52 bits per heavy atom. The van der Waals surface area contributed by atoms with E-state index in [1.807, 2.05) is 12.1 Å². The van der Waals surface area contributed by atoms with Crippen LogP contribution >= 0.6 is 11.6 Å². The van der Waals surface area contributed by atoms with E-state index in [0.717, 1.165) is 5.56 Å². The summed E-state index contributed by atoms with van der Waals surface area (Å²) in [7, 11) is 0. The van der Waals surface area contributed by atoms with Gasteiger partial charge in [0.2, 0.25) is 5.78 Å². The van der Waals surface area contributed by atoms with Gasteiger partial charge in [-0.1, -0.05) is 48.5 Å². The lowest BCUT2D eigenvalue weighted by atomic mass is 10.0. The monoisotopic (exact) mass is 341 g/mol. The number of carboxylic acid groups (broad SMARTS) is 1. The van der Waals surface area contributed by atoms with Crippen molar-refractivity contribution in [1.29, 1.82) is 0 Å². The summed E-state index contributed by atoms with van der Waals surface area (Å²) < 4.78 is 1.73. The average molecular weight is 342 g/mol. The Morgan fingerprint density at radius 2 is 1.96 bits per heavy atom. The van der Waals surface area contributed by atoms with Gasteiger partial charge in [0.05, 0.1) is 10.9 Å². The maximum Gasteiger partial charge on any atom is 0.316 e. The van der Waals surface area contributed by atoms with Crippen LogP contribution in [0.4, 0.5) is 0 Å². The summed E-state index contributed by atoms with van der Waals surface area (Å²) in [5.41, 5.74) is 2.41. The number of hydrogen-bond acceptors (Lipinski definition) is 2. The summed E-state index contributed by atoms with van der Waals surface area (Å²) in [6, 6.07) is 8.65. The fourth-order valence-electron chi connectivity index (χ4n) is 2.86. The minimum absolute atomic E-state index is 0. The van der Waals surface area contributed by atoms with Gasteiger partial charge in [-0.05, 0) is 18.1 Å². The molecule has 0 aliphatic carbocycles. The number of benzene rings is 1. The molecule has 116 valence electrons. The molecule has 0 fully saturated rings. The number of carboxylic acids is 1. The lowest BCUT2D eigenvalue weighted by Crippen LogP contribution is -2.10. The number of carbonyl (C=O) groups is 2. The van der Waals surface area contributed by atoms with Gasteiger partial charge in [-0.2, -0.15) is 0 Å². The van der Waals surface area contributed by atoms with Crippen LogP contribution in [0.15, 0.2) is 36.9 Å². The molecular formula is C17H16ClMgNO3. The Hall–Kier alpha value is -1.56. The van der Waals surface area contributed by atoms with Gasteiger partial charge in [0.15, 0.2) is 0 Å². The first kappa shape index (κ1) is 17.8. The van der Waals surface area contributed by atoms with Crippen LogP contribution in [-0.4, -0.2) is 44.5 Å². The Morgan fingerprint density at radius 1 is 1.30 bits per heavy atom. The molecule has 1 atom stereocenters. The highest BCUT2D eigenvalue weighted by Crippen LogP contribution is 2.36. The van der Waals surface area contributed by atoms with Crippen LogP contribution in [0.3, 0.4) is 0 Å². The minimum atomic E-state index is -0.887. The zero-order chi connectivity index (χ0) is 15.9. The van der Waals surface area contributed by atoms with Crippen molar-refractivity contribution in [3.8, 4) is 0 Å². The molecule has 0 saturated carbocycles. The van der Waals surface area contributed by atoms with E-state index in [2.05, 4.69) is 6.58 Å². The van der Waals surface area contributed by atoms with Crippen molar-refractivity contribution in [2.24, 2.45) is 0 Å². The van der Waals surface area contributed by atoms with Crippen molar-refractivity contribution >= 4 is 52.5 Å². The molecule has 1 aliphatic heterocycles. The van der Waals surface area contributed by atoms with Crippen molar-refractivity contribution < 1.29 is 14.7 Å². The van der Waals surface area contributed by atoms with Crippen molar-refractivity contribution in [3.05, 3.63) is 64.4 Å². The molecule has 4 nitrogen and oxygen atoms in total. The van der Waals surface area contributed by atoms with E-state index in [1.165, 1.54) is 0 Å². The van der Waals surface area contributed by atoms with Crippen LogP contribution in [-0.2, 0) is 11.3 Å². The van der Waals surface area contributed by atoms with Gasteiger partial charge in [-0.15, -0.1) is 0 Å². The highest BCUT2D eigenvalue weighted by atomic mass is 35.5. The van der Waals surface area contributed by atoms with Gasteiger partial charge in [-0.3, -0.25) is 9.59 Å². The SMILES string of the molecule is C=Cc1ccc(C(=O)c2c(Cl)cc3n2CCC3C(=O)O)cc1.[MgH2]. The molecule has 0 saturated heterocycles. The van der Waals surface area contributed by atoms with Crippen LogP contribution in [0.25, 0.3) is 6.08 Å². The summed E-state index contributed by atoms with van der Waals surface area (Å²) >= 11 is 6.19. The van der Waals surface area contributed by atoms with Crippen molar-refractivity contribution in [2.75, 3.05) is 0 Å². The largest absolute Gasteiger partial charge is 0.481 e. The predicted octanol–water partition coefficient (Wildman–Crippen LogP) is 2.67. The zero-order valence-corrected chi connectivity index (χ0v) is 12.5. The molecule has 6 heteroatoms. The van der Waals surface area contributed by atoms with Crippen LogP contribution in [0, 0.1) is 0 Å². The molecular weight excluding hydrogens is 326 g/mol. The second-order valence-electron chi connectivity index (χ2n) is 5.25. The van der Waals surface area contributed by atoms with Crippen molar-refractivity contribution in [3.63, 3.8) is 0 Å². The highest BCUT2D eigenvalue weighted by molar-refractivity contribution is 6.35. The first-order valence-electron chi connectivity index (χ1n) is 6.92. The molecule has 0 spiro atoms. The van der Waals surface area contributed by atoms with Crippen molar-refractivity contribution in [2.45, 2.75) is 18.9 Å². The summed E-state index contributed by atoms with van der Waals surface area (Å²) in [4.78, 5) is 23.9. The second-order valence-corrected chi connectivity index (χ2v) is 5.66. The number of halogens is 1. The minimum Gasteiger partial charge on any atom is -0.481 e. The summed E-state index contributed by atoms with van der Waals surface area (Å²) in [5.74, 6) is -1.68. The maximum absolute atomic E-state index is 12.7. The van der Waals surface area contributed by atoms with E-state index >= 15 is 0 Å². The van der Waals surface area contributed by atoms with E-state index in [1.54, 1.807) is 28.8 Å². The molecule has 3 rings (SSSR count). The summed E-state index contributed by atoms with van der Waals surface area (Å²) in [6.07, 6.45) is 2.19. The third kappa shape index (κ3) is 3.09. The molecule has 0 bridgehead atoms. The van der Waals surface area contributed by atoms with E-state index in [-0.39, 0.29) is 28.8 Å². The Kier molecular flexibility index (Phi) is 5.34. The molecule has 0 amide bonds. The zero-order valence-electron chi connectivity index (χ0n) is 11.8. The molecule has 1 aromatic heterocycles. The highest BCUT2D eigenvalue weighted by Gasteiger charge is 2.33. The Balaban J connectivity index is 0.00000192. The van der Waals surface area contributed by atoms with Crippen LogP contribution < -0.4 is 0 Å². The maximum atomic E-state index is 12.7. The van der Waals surface area contributed by atoms with Crippen LogP contribution in [0.5, 0.6) is 0 Å². The lowest BCUT2D eigenvalue weighted by molar-refractivity contribution is -0.138. The van der Waals surface area contributed by atoms with Crippen LogP contribution in [0.2, 0.25) is 5.02 Å². The van der Waals surface area contributed by atoms with Gasteiger partial charge in [-0.25, -0.2) is 0 Å². The number of carbonyl (C=O) groups excluding carboxylic acids is 1. The molecule has 0 radical (unpaired) electrons. The number of ketones is 1. The van der Waals surface area contributed by atoms with E-state index in [9.17, 15) is 14.7 Å². The molecule has 23 heavy (non-hydrogen) atoms. The van der Waals surface area contributed by atoms with Gasteiger partial charge in [0.1, 0.15) is 5.69 Å². The fraction of sp³-hybridized carbons (Fsp3) is 0.176. The molecule has 1 unspecified atom stereocenters. The van der Waals surface area contributed by atoms with Crippen LogP contribution in [0.1, 0.15) is 39.6 Å². The van der Waals surface area contributed by atoms with Gasteiger partial charge in [0, 0.05) is 17.8 Å². The third-order valence-corrected chi connectivity index (χ3v) is 4.29. The number of hydrogen-bond donors (Lipinski definition) is 1. The van der Waals surface area contributed by atoms with E-state index in [0.29, 0.717) is 34.9 Å². The third-order valence-electron chi connectivity index (χ3n) is 4.00. The van der Waals surface area contributed by atoms with E-state index in [4.69, 9.17) is 11.6 Å². The summed E-state index contributed by atoms with van der Waals surface area (Å²) in [6.45, 7) is 4.17. The Bertz CT molecular complexity index is 780. The number of nitrogens with zero attached hydrogens (tertiary/aromatic N) is 1. The molecule has 1 aromatic carbocycles. The predicted molar refractivity (Wildman–Crippen MR) is 92.9 cm³/mol. The fourth-order valence-corrected chi connectivity index (χ4v) is 3.16. The quantitative estimate of drug-likeness (QED) is 0.687. The topological polar surface area (TPSA) is 59.3 Å². The smallest absolute Gasteiger partial charge is 0.316 e. The summed E-state index contributed by atoms with van der Waals surface area (Å²) in [5, 5.41) is 9.53. The van der Waals surface area contributed by atoms with Gasteiger partial charge in [0.25, 0.3) is 0 Å². The number of fused-ring (bicyclic) bond motifs is 1. The standard InChI is InChI=1S/C17H14ClNO3.Mg.2H/c1-2-10-3-5-11(6-4-10)16(20)15-13(18)9-14-12(17(21)22)7-8-19(14)15;;;/h2-6,9,12H,1,7-8H2,(H,21,22);;;. The first-order valence-corrected chi connectivity index (χ1v) is 7.29. The van der Waals surface area contributed by atoms with Gasteiger partial charge >= 0.3 is 29.0 Å². The number of rotatable bonds is 4. The second kappa shape index (κ2) is 6.91. The lowest BCUT2D eigenvalue weighted by Gasteiger charge is -2.06. The normalized spacial score (nSPS) is 15.6. The van der Waals surface area contributed by atoms with Gasteiger partial charge < -0.3 is 9.67 Å². The number of aromatic nitrogens is 1. The van der Waals surface area contributed by atoms with Crippen molar-refractivity contribution in [1.82, 2.24) is 4.57 Å². The molecule has 2 aromatic rings. The van der Waals surface area contributed by atoms with E-state index < -0.39 is 11.9 Å². The molecule has 1 aliphatic rings. The number of aliphatic carboxylic acids is 1. The molecule has 1 N–H and O–H groups in total.